The number of nitrogens with zero attached hydrogens (tertiary/aromatic N) is 2. The first-order chi connectivity index (χ1) is 21.2. The number of amides is 2. The van der Waals surface area contributed by atoms with E-state index in [0.717, 1.165) is 10.5 Å². The number of benzene rings is 4. The molecule has 222 valence electrons. The van der Waals surface area contributed by atoms with E-state index in [1.54, 1.807) is 67.6 Å². The number of halogens is 1. The van der Waals surface area contributed by atoms with Crippen molar-refractivity contribution in [1.29, 1.82) is 0 Å². The summed E-state index contributed by atoms with van der Waals surface area (Å²) in [6, 6.07) is 28.2. The Bertz CT molecular complexity index is 1780. The first-order valence-corrected chi connectivity index (χ1v) is 14.5. The molecule has 2 amide bonds. The number of carbonyl (C=O) groups excluding carboxylic acids is 3. The Kier molecular flexibility index (Phi) is 7.31. The third kappa shape index (κ3) is 4.07. The Hall–Kier alpha value is -4.86. The van der Waals surface area contributed by atoms with E-state index in [-0.39, 0.29) is 12.3 Å². The fourth-order valence-electron chi connectivity index (χ4n) is 7.06. The number of hydrogen-bond acceptors (Lipinski definition) is 7. The van der Waals surface area contributed by atoms with Gasteiger partial charge in [-0.15, -0.1) is 0 Å². The standard InChI is InChI=1S/C34H28ClN3O6/c1-3-44-32(41)34(24-15-17-25(35)18-16-24)33(27-11-7-8-12-28(27)37(21(2)39)31(33)40)29(22-9-5-4-6-10-22)30(36-34)23-13-19-26(20-14-23)38(42)43/h4-20,29-30,36H,3H2,1-2H3/t29-,30-,33-,34?/m1/s1. The van der Waals surface area contributed by atoms with E-state index in [9.17, 15) is 19.7 Å². The predicted octanol–water partition coefficient (Wildman–Crippen LogP) is 5.97. The van der Waals surface area contributed by atoms with Crippen molar-refractivity contribution in [3.8, 4) is 0 Å². The van der Waals surface area contributed by atoms with Gasteiger partial charge in [-0.25, -0.2) is 9.69 Å². The lowest BCUT2D eigenvalue weighted by Gasteiger charge is -2.43. The Morgan fingerprint density at radius 2 is 1.57 bits per heavy atom. The molecule has 0 aliphatic carbocycles. The number of nitro groups is 1. The van der Waals surface area contributed by atoms with E-state index in [0.29, 0.717) is 27.4 Å². The van der Waals surface area contributed by atoms with Crippen molar-refractivity contribution in [3.05, 3.63) is 141 Å². The minimum absolute atomic E-state index is 0.0242. The van der Waals surface area contributed by atoms with E-state index in [4.69, 9.17) is 16.3 Å². The van der Waals surface area contributed by atoms with Gasteiger partial charge in [-0.2, -0.15) is 0 Å². The first-order valence-electron chi connectivity index (χ1n) is 14.1. The van der Waals surface area contributed by atoms with Crippen molar-refractivity contribution in [2.24, 2.45) is 0 Å². The molecule has 6 rings (SSSR count). The molecule has 2 aliphatic heterocycles. The van der Waals surface area contributed by atoms with Gasteiger partial charge in [-0.1, -0.05) is 84.4 Å². The molecule has 0 aromatic heterocycles. The van der Waals surface area contributed by atoms with E-state index in [2.05, 4.69) is 5.32 Å². The summed E-state index contributed by atoms with van der Waals surface area (Å²) >= 11 is 6.31. The van der Waals surface area contributed by atoms with E-state index >= 15 is 4.79 Å². The zero-order valence-electron chi connectivity index (χ0n) is 23.9. The van der Waals surface area contributed by atoms with Gasteiger partial charge in [0.25, 0.3) is 5.69 Å². The van der Waals surface area contributed by atoms with Crippen LogP contribution in [-0.2, 0) is 30.1 Å². The first kappa shape index (κ1) is 29.2. The molecule has 1 fully saturated rings. The van der Waals surface area contributed by atoms with Crippen LogP contribution >= 0.6 is 11.6 Å². The topological polar surface area (TPSA) is 119 Å². The van der Waals surface area contributed by atoms with Crippen molar-refractivity contribution in [2.45, 2.75) is 36.8 Å². The van der Waals surface area contributed by atoms with Crippen LogP contribution in [0, 0.1) is 10.1 Å². The van der Waals surface area contributed by atoms with Crippen molar-refractivity contribution in [2.75, 3.05) is 11.5 Å². The van der Waals surface area contributed by atoms with Gasteiger partial charge < -0.3 is 4.74 Å². The van der Waals surface area contributed by atoms with Gasteiger partial charge in [0.1, 0.15) is 5.41 Å². The van der Waals surface area contributed by atoms with Crippen molar-refractivity contribution < 1.29 is 24.0 Å². The Morgan fingerprint density at radius 3 is 2.18 bits per heavy atom. The number of rotatable bonds is 6. The van der Waals surface area contributed by atoms with Crippen LogP contribution in [0.4, 0.5) is 11.4 Å². The minimum atomic E-state index is -1.86. The molecule has 4 aromatic carbocycles. The second-order valence-corrected chi connectivity index (χ2v) is 11.3. The molecule has 4 atom stereocenters. The van der Waals surface area contributed by atoms with Gasteiger partial charge in [-0.3, -0.25) is 25.0 Å². The highest BCUT2D eigenvalue weighted by molar-refractivity contribution is 6.30. The number of carbonyl (C=O) groups is 3. The molecule has 9 nitrogen and oxygen atoms in total. The number of ether oxygens (including phenoxy) is 1. The quantitative estimate of drug-likeness (QED) is 0.163. The van der Waals surface area contributed by atoms with Crippen LogP contribution in [-0.4, -0.2) is 29.3 Å². The third-order valence-corrected chi connectivity index (χ3v) is 8.92. The molecule has 0 bridgehead atoms. The summed E-state index contributed by atoms with van der Waals surface area (Å²) in [5.74, 6) is -2.58. The largest absolute Gasteiger partial charge is 0.464 e. The van der Waals surface area contributed by atoms with Gasteiger partial charge in [0.15, 0.2) is 5.54 Å². The second kappa shape index (κ2) is 11.0. The molecule has 1 unspecified atom stereocenters. The normalized spacial score (nSPS) is 23.9. The monoisotopic (exact) mass is 609 g/mol. The van der Waals surface area contributed by atoms with Gasteiger partial charge in [0.2, 0.25) is 11.8 Å². The summed E-state index contributed by atoms with van der Waals surface area (Å²) in [5.41, 5.74) is -1.11. The van der Waals surface area contributed by atoms with Crippen molar-refractivity contribution in [1.82, 2.24) is 5.32 Å². The van der Waals surface area contributed by atoms with E-state index in [1.807, 2.05) is 30.3 Å². The maximum absolute atomic E-state index is 15.2. The van der Waals surface area contributed by atoms with Crippen LogP contribution in [0.1, 0.15) is 48.1 Å². The van der Waals surface area contributed by atoms with E-state index in [1.165, 1.54) is 19.1 Å². The van der Waals surface area contributed by atoms with Crippen molar-refractivity contribution in [3.63, 3.8) is 0 Å². The molecule has 1 spiro atoms. The molecule has 1 N–H and O–H groups in total. The Balaban J connectivity index is 1.78. The van der Waals surface area contributed by atoms with Crippen molar-refractivity contribution >= 4 is 40.8 Å². The van der Waals surface area contributed by atoms with Gasteiger partial charge in [0.05, 0.1) is 17.2 Å². The number of non-ortho nitro benzene ring substituents is 1. The lowest BCUT2D eigenvalue weighted by molar-refractivity contribution is -0.384. The van der Waals surface area contributed by atoms with Crippen LogP contribution in [0.2, 0.25) is 5.02 Å². The molecule has 10 heteroatoms. The molecule has 2 heterocycles. The lowest BCUT2D eigenvalue weighted by Crippen LogP contribution is -2.63. The average molecular weight is 610 g/mol. The molecule has 0 radical (unpaired) electrons. The Labute approximate surface area is 258 Å². The highest BCUT2D eigenvalue weighted by Crippen LogP contribution is 2.66. The maximum Gasteiger partial charge on any atom is 0.332 e. The summed E-state index contributed by atoms with van der Waals surface area (Å²) in [6.07, 6.45) is 0. The third-order valence-electron chi connectivity index (χ3n) is 8.67. The molecule has 1 saturated heterocycles. The van der Waals surface area contributed by atoms with Crippen LogP contribution in [0.5, 0.6) is 0 Å². The van der Waals surface area contributed by atoms with Gasteiger partial charge in [0, 0.05) is 36.0 Å². The number of imide groups is 1. The number of para-hydroxylation sites is 1. The van der Waals surface area contributed by atoms with Crippen LogP contribution in [0.25, 0.3) is 0 Å². The summed E-state index contributed by atoms with van der Waals surface area (Å²) in [4.78, 5) is 55.3. The lowest BCUT2D eigenvalue weighted by atomic mass is 9.57. The van der Waals surface area contributed by atoms with Crippen LogP contribution in [0.3, 0.4) is 0 Å². The Morgan fingerprint density at radius 1 is 0.932 bits per heavy atom. The average Bonchev–Trinajstić information content (AvgIpc) is 3.49. The fourth-order valence-corrected chi connectivity index (χ4v) is 7.19. The number of nitro benzene ring substituents is 1. The number of esters is 1. The summed E-state index contributed by atoms with van der Waals surface area (Å²) in [7, 11) is 0. The fraction of sp³-hybridized carbons (Fsp3) is 0.206. The summed E-state index contributed by atoms with van der Waals surface area (Å²) < 4.78 is 5.80. The minimum Gasteiger partial charge on any atom is -0.464 e. The predicted molar refractivity (Wildman–Crippen MR) is 164 cm³/mol. The number of fused-ring (bicyclic) bond motifs is 2. The smallest absolute Gasteiger partial charge is 0.332 e. The van der Waals surface area contributed by atoms with Crippen LogP contribution in [0.15, 0.2) is 103 Å². The maximum atomic E-state index is 15.2. The molecule has 2 aliphatic rings. The summed E-state index contributed by atoms with van der Waals surface area (Å²) in [6.45, 7) is 3.02. The zero-order chi connectivity index (χ0) is 31.2. The second-order valence-electron chi connectivity index (χ2n) is 10.8. The van der Waals surface area contributed by atoms with Gasteiger partial charge >= 0.3 is 5.97 Å². The SMILES string of the molecule is CCOC(=O)C1(c2ccc(Cl)cc2)N[C@H](c2ccc([N+](=O)[O-])cc2)[C@@H](c2ccccc2)[C@]12C(=O)N(C(C)=O)c1ccccc12. The zero-order valence-corrected chi connectivity index (χ0v) is 24.7. The molecular weight excluding hydrogens is 582 g/mol. The highest BCUT2D eigenvalue weighted by Gasteiger charge is 2.77. The van der Waals surface area contributed by atoms with Gasteiger partial charge in [-0.05, 0) is 47.4 Å². The molecule has 4 aromatic rings. The number of hydrogen-bond donors (Lipinski definition) is 1. The van der Waals surface area contributed by atoms with E-state index < -0.39 is 45.6 Å². The summed E-state index contributed by atoms with van der Waals surface area (Å²) in [5, 5.41) is 15.5. The highest BCUT2D eigenvalue weighted by atomic mass is 35.5. The molecular formula is C34H28ClN3O6. The number of nitrogens with one attached hydrogen (secondary N) is 1. The number of anilines is 1. The van der Waals surface area contributed by atoms with Crippen LogP contribution < -0.4 is 10.2 Å². The molecule has 0 saturated carbocycles. The molecule has 44 heavy (non-hydrogen) atoms.